The lowest BCUT2D eigenvalue weighted by Crippen LogP contribution is -2.49. The molecule has 1 heterocycles. The minimum absolute atomic E-state index is 0.136. The van der Waals surface area contributed by atoms with Gasteiger partial charge in [-0.05, 0) is 125 Å². The summed E-state index contributed by atoms with van der Waals surface area (Å²) in [6, 6.07) is 19.0. The predicted octanol–water partition coefficient (Wildman–Crippen LogP) is 6.14. The number of hydrogen-bond acceptors (Lipinski definition) is 5. The van der Waals surface area contributed by atoms with Crippen LogP contribution in [0.1, 0.15) is 70.6 Å². The smallest absolute Gasteiger partial charge is 0.319 e. The summed E-state index contributed by atoms with van der Waals surface area (Å²) in [5.41, 5.74) is 2.09. The number of likely N-dealkylation sites (N-methyl/N-ethyl adjacent to an activating group) is 1. The molecule has 4 saturated carbocycles. The Labute approximate surface area is 281 Å². The molecule has 0 unspecified atom stereocenters. The van der Waals surface area contributed by atoms with Gasteiger partial charge in [0.05, 0.1) is 6.10 Å². The Morgan fingerprint density at radius 2 is 1.43 bits per heavy atom. The number of likely N-dealkylation sites (tertiary alicyclic amines) is 1. The van der Waals surface area contributed by atoms with Crippen molar-refractivity contribution in [3.05, 3.63) is 60.7 Å². The molecule has 1 saturated heterocycles. The summed E-state index contributed by atoms with van der Waals surface area (Å²) in [6.07, 6.45) is 13.2. The summed E-state index contributed by atoms with van der Waals surface area (Å²) < 4.78 is 0. The fourth-order valence-electron chi connectivity index (χ4n) is 9.67. The molecule has 9 heteroatoms. The lowest BCUT2D eigenvalue weighted by atomic mass is 9.49. The highest BCUT2D eigenvalue weighted by molar-refractivity contribution is 5.89. The second-order valence-electron chi connectivity index (χ2n) is 15.2. The van der Waals surface area contributed by atoms with Gasteiger partial charge in [0.15, 0.2) is 0 Å². The fraction of sp³-hybridized carbons (Fsp3) is 0.632. The van der Waals surface area contributed by atoms with Crippen LogP contribution in [-0.4, -0.2) is 84.9 Å². The zero-order valence-electron chi connectivity index (χ0n) is 28.2. The van der Waals surface area contributed by atoms with Crippen LogP contribution in [0.15, 0.2) is 60.7 Å². The molecular formula is C38H56N6O3. The van der Waals surface area contributed by atoms with Gasteiger partial charge in [-0.15, -0.1) is 0 Å². The Morgan fingerprint density at radius 3 is 2.02 bits per heavy atom. The van der Waals surface area contributed by atoms with Gasteiger partial charge in [0.2, 0.25) is 0 Å². The van der Waals surface area contributed by atoms with Crippen molar-refractivity contribution < 1.29 is 14.7 Å². The first-order valence-electron chi connectivity index (χ1n) is 18.1. The third-order valence-corrected chi connectivity index (χ3v) is 11.5. The lowest BCUT2D eigenvalue weighted by molar-refractivity contribution is -0.0619. The molecule has 2 aromatic rings. The van der Waals surface area contributed by atoms with Crippen molar-refractivity contribution in [2.45, 2.75) is 88.8 Å². The highest BCUT2D eigenvalue weighted by Crippen LogP contribution is 2.61. The van der Waals surface area contributed by atoms with Gasteiger partial charge in [0.25, 0.3) is 0 Å². The molecular weight excluding hydrogens is 588 g/mol. The standard InChI is InChI=1S/C38H56N6O3/c1-43(26-34-21-35(45)27-44(34)17-15-38-22-28-18-29(23-38)20-30(19-28)24-38)33(25-40-37(47)42-32-12-6-3-7-13-32)14-8-9-16-39-36(46)41-31-10-4-2-5-11-31/h2-7,10-13,28-30,33-35,45H,8-9,14-27H2,1H3,(H2,39,41,46)(H2,40,42,47)/t28?,29?,30?,33-,34+,35+,38?/m1/s1. The molecule has 4 bridgehead atoms. The molecule has 3 atom stereocenters. The van der Waals surface area contributed by atoms with Crippen LogP contribution in [-0.2, 0) is 0 Å². The lowest BCUT2D eigenvalue weighted by Gasteiger charge is -2.57. The quantitative estimate of drug-likeness (QED) is 0.150. The van der Waals surface area contributed by atoms with Gasteiger partial charge in [-0.3, -0.25) is 4.90 Å². The largest absolute Gasteiger partial charge is 0.392 e. The summed E-state index contributed by atoms with van der Waals surface area (Å²) in [7, 11) is 2.16. The molecule has 9 nitrogen and oxygen atoms in total. The third-order valence-electron chi connectivity index (χ3n) is 11.5. The van der Waals surface area contributed by atoms with E-state index in [9.17, 15) is 14.7 Å². The van der Waals surface area contributed by atoms with Gasteiger partial charge >= 0.3 is 12.1 Å². The van der Waals surface area contributed by atoms with Crippen molar-refractivity contribution in [2.24, 2.45) is 23.2 Å². The Hall–Kier alpha value is -3.14. The van der Waals surface area contributed by atoms with Crippen molar-refractivity contribution in [3.63, 3.8) is 0 Å². The van der Waals surface area contributed by atoms with Crippen LogP contribution in [0.5, 0.6) is 0 Å². The molecule has 0 spiro atoms. The number of nitrogens with zero attached hydrogens (tertiary/aromatic N) is 2. The number of carbonyl (C=O) groups is 2. The zero-order chi connectivity index (χ0) is 32.6. The van der Waals surface area contributed by atoms with E-state index in [1.807, 2.05) is 60.7 Å². The summed E-state index contributed by atoms with van der Waals surface area (Å²) in [6.45, 7) is 3.83. The Bertz CT molecular complexity index is 1260. The van der Waals surface area contributed by atoms with Gasteiger partial charge in [0, 0.05) is 49.6 Å². The maximum atomic E-state index is 12.8. The number of carbonyl (C=O) groups excluding carboxylic acids is 2. The Kier molecular flexibility index (Phi) is 11.4. The maximum Gasteiger partial charge on any atom is 0.319 e. The molecule has 4 aliphatic carbocycles. The van der Waals surface area contributed by atoms with E-state index in [2.05, 4.69) is 38.1 Å². The van der Waals surface area contributed by atoms with Gasteiger partial charge in [-0.2, -0.15) is 0 Å². The van der Waals surface area contributed by atoms with Crippen molar-refractivity contribution >= 4 is 23.4 Å². The number of para-hydroxylation sites is 2. The van der Waals surface area contributed by atoms with Gasteiger partial charge in [0.1, 0.15) is 0 Å². The number of hydrogen-bond donors (Lipinski definition) is 5. The normalized spacial score (nSPS) is 28.7. The SMILES string of the molecule is CN(C[C@@H]1C[C@H](O)CN1CCC12CC3CC(CC(C3)C1)C2)[C@H](CCCCNC(=O)Nc1ccccc1)CNC(=O)Nc1ccccc1. The number of rotatable bonds is 15. The topological polar surface area (TPSA) is 109 Å². The summed E-state index contributed by atoms with van der Waals surface area (Å²) >= 11 is 0. The van der Waals surface area contributed by atoms with Crippen LogP contribution in [0.2, 0.25) is 0 Å². The average Bonchev–Trinajstić information content (AvgIpc) is 3.40. The zero-order valence-corrected chi connectivity index (χ0v) is 28.2. The molecule has 256 valence electrons. The number of aliphatic hydroxyl groups excluding tert-OH is 1. The summed E-state index contributed by atoms with van der Waals surface area (Å²) in [5, 5.41) is 22.7. The molecule has 47 heavy (non-hydrogen) atoms. The van der Waals surface area contributed by atoms with Crippen molar-refractivity contribution in [2.75, 3.05) is 50.4 Å². The summed E-state index contributed by atoms with van der Waals surface area (Å²) in [4.78, 5) is 30.1. The molecule has 1 aliphatic heterocycles. The van der Waals surface area contributed by atoms with E-state index >= 15 is 0 Å². The number of nitrogens with one attached hydrogen (secondary N) is 4. The second kappa shape index (κ2) is 15.8. The van der Waals surface area contributed by atoms with Gasteiger partial charge < -0.3 is 31.3 Å². The number of benzene rings is 2. The predicted molar refractivity (Wildman–Crippen MR) is 188 cm³/mol. The molecule has 7 rings (SSSR count). The van der Waals surface area contributed by atoms with Gasteiger partial charge in [-0.25, -0.2) is 9.59 Å². The average molecular weight is 645 g/mol. The minimum Gasteiger partial charge on any atom is -0.392 e. The Morgan fingerprint density at radius 1 is 0.851 bits per heavy atom. The van der Waals surface area contributed by atoms with Crippen molar-refractivity contribution in [3.8, 4) is 0 Å². The third kappa shape index (κ3) is 9.48. The van der Waals surface area contributed by atoms with Crippen LogP contribution in [0.3, 0.4) is 0 Å². The molecule has 0 aromatic heterocycles. The maximum absolute atomic E-state index is 12.8. The van der Waals surface area contributed by atoms with Crippen LogP contribution in [0.25, 0.3) is 0 Å². The van der Waals surface area contributed by atoms with Crippen molar-refractivity contribution in [1.29, 1.82) is 0 Å². The number of aliphatic hydroxyl groups is 1. The van der Waals surface area contributed by atoms with Crippen LogP contribution in [0, 0.1) is 23.2 Å². The van der Waals surface area contributed by atoms with E-state index in [1.165, 1.54) is 44.9 Å². The van der Waals surface area contributed by atoms with Gasteiger partial charge in [-0.1, -0.05) is 42.8 Å². The van der Waals surface area contributed by atoms with E-state index in [-0.39, 0.29) is 24.2 Å². The van der Waals surface area contributed by atoms with E-state index in [0.29, 0.717) is 24.5 Å². The van der Waals surface area contributed by atoms with E-state index in [4.69, 9.17) is 0 Å². The molecule has 5 aliphatic rings. The molecule has 5 N–H and O–H groups in total. The van der Waals surface area contributed by atoms with Crippen molar-refractivity contribution in [1.82, 2.24) is 20.4 Å². The van der Waals surface area contributed by atoms with Crippen LogP contribution in [0.4, 0.5) is 21.0 Å². The first kappa shape index (κ1) is 33.7. The molecule has 5 fully saturated rings. The molecule has 0 radical (unpaired) electrons. The molecule has 4 amide bonds. The number of β-amino-alcohol motifs (C(OH)–C–C–N with tert-alkyl or cyclic N) is 1. The number of amides is 4. The highest BCUT2D eigenvalue weighted by atomic mass is 16.3. The Balaban J connectivity index is 1.00. The monoisotopic (exact) mass is 644 g/mol. The number of unbranched alkanes of at least 4 members (excludes halogenated alkanes) is 1. The first-order valence-corrected chi connectivity index (χ1v) is 18.1. The first-order chi connectivity index (χ1) is 22.8. The number of urea groups is 2. The van der Waals surface area contributed by atoms with E-state index < -0.39 is 0 Å². The van der Waals surface area contributed by atoms with E-state index in [0.717, 1.165) is 74.4 Å². The fourth-order valence-corrected chi connectivity index (χ4v) is 9.67. The minimum atomic E-state index is -0.272. The van der Waals surface area contributed by atoms with Crippen LogP contribution < -0.4 is 21.3 Å². The summed E-state index contributed by atoms with van der Waals surface area (Å²) in [5.74, 6) is 2.90. The number of anilines is 2. The molecule has 2 aromatic carbocycles. The highest BCUT2D eigenvalue weighted by Gasteiger charge is 2.50. The van der Waals surface area contributed by atoms with E-state index in [1.54, 1.807) is 0 Å². The van der Waals surface area contributed by atoms with Crippen LogP contribution >= 0.6 is 0 Å². The second-order valence-corrected chi connectivity index (χ2v) is 15.2.